The van der Waals surface area contributed by atoms with Gasteiger partial charge in [-0.2, -0.15) is 13.2 Å². The van der Waals surface area contributed by atoms with Crippen molar-refractivity contribution < 1.29 is 13.2 Å². The minimum Gasteiger partial charge on any atom is -0.373 e. The summed E-state index contributed by atoms with van der Waals surface area (Å²) in [6.45, 7) is 0.608. The number of hydrogen-bond donors (Lipinski definition) is 1. The lowest BCUT2D eigenvalue weighted by atomic mass is 10.2. The Balaban J connectivity index is 2.07. The molecule has 0 aliphatic carbocycles. The van der Waals surface area contributed by atoms with Gasteiger partial charge in [0.2, 0.25) is 5.82 Å². The van der Waals surface area contributed by atoms with Gasteiger partial charge in [-0.1, -0.05) is 18.2 Å². The summed E-state index contributed by atoms with van der Waals surface area (Å²) >= 11 is 0. The molecule has 0 unspecified atom stereocenters. The van der Waals surface area contributed by atoms with E-state index in [0.29, 0.717) is 6.54 Å². The zero-order valence-corrected chi connectivity index (χ0v) is 11.3. The van der Waals surface area contributed by atoms with E-state index in [-0.39, 0.29) is 11.6 Å². The lowest BCUT2D eigenvalue weighted by Gasteiger charge is -2.20. The molecule has 0 fully saturated rings. The molecule has 2 aromatic rings. The predicted molar refractivity (Wildman–Crippen MR) is 73.7 cm³/mol. The fourth-order valence-corrected chi connectivity index (χ4v) is 2.40. The summed E-state index contributed by atoms with van der Waals surface area (Å²) in [7, 11) is 1.53. The highest BCUT2D eigenvalue weighted by molar-refractivity contribution is 5.68. The third-order valence-corrected chi connectivity index (χ3v) is 3.39. The molecule has 21 heavy (non-hydrogen) atoms. The summed E-state index contributed by atoms with van der Waals surface area (Å²) < 4.78 is 38.7. The fourth-order valence-electron chi connectivity index (χ4n) is 2.40. The van der Waals surface area contributed by atoms with Crippen LogP contribution in [0, 0.1) is 0 Å². The van der Waals surface area contributed by atoms with E-state index in [1.807, 2.05) is 24.3 Å². The minimum absolute atomic E-state index is 0.150. The summed E-state index contributed by atoms with van der Waals surface area (Å²) in [6, 6.07) is 9.17. The first kappa shape index (κ1) is 13.7. The highest BCUT2D eigenvalue weighted by Gasteiger charge is 2.36. The molecule has 4 nitrogen and oxygen atoms in total. The summed E-state index contributed by atoms with van der Waals surface area (Å²) in [4.78, 5) is 8.94. The number of nitrogens with zero attached hydrogens (tertiary/aromatic N) is 3. The van der Waals surface area contributed by atoms with E-state index < -0.39 is 12.0 Å². The highest BCUT2D eigenvalue weighted by atomic mass is 19.4. The van der Waals surface area contributed by atoms with Crippen LogP contribution in [0.1, 0.15) is 11.4 Å². The van der Waals surface area contributed by atoms with Crippen molar-refractivity contribution in [2.24, 2.45) is 0 Å². The van der Waals surface area contributed by atoms with Crippen LogP contribution in [0.15, 0.2) is 30.3 Å². The van der Waals surface area contributed by atoms with Crippen molar-refractivity contribution in [3.63, 3.8) is 0 Å². The molecule has 110 valence electrons. The van der Waals surface area contributed by atoms with Gasteiger partial charge < -0.3 is 10.2 Å². The molecule has 3 rings (SSSR count). The smallest absolute Gasteiger partial charge is 0.373 e. The normalized spacial score (nSPS) is 14.2. The van der Waals surface area contributed by atoms with Crippen molar-refractivity contribution in [2.75, 3.05) is 23.8 Å². The van der Waals surface area contributed by atoms with Gasteiger partial charge in [0.05, 0.1) is 0 Å². The Morgan fingerprint density at radius 3 is 2.67 bits per heavy atom. The second kappa shape index (κ2) is 4.91. The molecular weight excluding hydrogens is 281 g/mol. The molecule has 7 heteroatoms. The fraction of sp³-hybridized carbons (Fsp3) is 0.286. The number of alkyl halides is 3. The van der Waals surface area contributed by atoms with Crippen LogP contribution in [0.4, 0.5) is 30.5 Å². The van der Waals surface area contributed by atoms with Crippen molar-refractivity contribution in [3.8, 4) is 0 Å². The van der Waals surface area contributed by atoms with E-state index in [1.165, 1.54) is 13.1 Å². The van der Waals surface area contributed by atoms with Crippen LogP contribution in [0.5, 0.6) is 0 Å². The molecule has 0 saturated carbocycles. The lowest BCUT2D eigenvalue weighted by Crippen LogP contribution is -2.19. The number of halogens is 3. The summed E-state index contributed by atoms with van der Waals surface area (Å²) in [5.41, 5.74) is 2.00. The van der Waals surface area contributed by atoms with Crippen LogP contribution < -0.4 is 10.2 Å². The minimum atomic E-state index is -4.57. The zero-order chi connectivity index (χ0) is 15.0. The third kappa shape index (κ3) is 2.51. The number of nitrogens with one attached hydrogen (secondary N) is 1. The Labute approximate surface area is 119 Å². The van der Waals surface area contributed by atoms with Crippen LogP contribution in [0.3, 0.4) is 0 Å². The Kier molecular flexibility index (Phi) is 3.19. The van der Waals surface area contributed by atoms with Crippen molar-refractivity contribution in [1.82, 2.24) is 9.97 Å². The van der Waals surface area contributed by atoms with E-state index in [1.54, 1.807) is 4.90 Å². The van der Waals surface area contributed by atoms with Gasteiger partial charge in [-0.25, -0.2) is 9.97 Å². The number of rotatable bonds is 2. The highest BCUT2D eigenvalue weighted by Crippen LogP contribution is 2.35. The molecule has 1 aromatic heterocycles. The predicted octanol–water partition coefficient (Wildman–Crippen LogP) is 3.23. The van der Waals surface area contributed by atoms with Crippen LogP contribution in [0.2, 0.25) is 0 Å². The first-order valence-corrected chi connectivity index (χ1v) is 6.48. The maximum absolute atomic E-state index is 12.9. The molecule has 0 radical (unpaired) electrons. The molecule has 1 aromatic carbocycles. The van der Waals surface area contributed by atoms with Gasteiger partial charge >= 0.3 is 6.18 Å². The molecule has 0 spiro atoms. The van der Waals surface area contributed by atoms with Crippen molar-refractivity contribution in [2.45, 2.75) is 12.6 Å². The number of hydrogen-bond acceptors (Lipinski definition) is 4. The number of fused-ring (bicyclic) bond motifs is 1. The maximum atomic E-state index is 12.9. The topological polar surface area (TPSA) is 41.0 Å². The number of benzene rings is 1. The van der Waals surface area contributed by atoms with Crippen LogP contribution in [-0.2, 0) is 12.6 Å². The Morgan fingerprint density at radius 1 is 1.19 bits per heavy atom. The summed E-state index contributed by atoms with van der Waals surface area (Å²) in [6.07, 6.45) is -3.78. The molecule has 1 aliphatic heterocycles. The van der Waals surface area contributed by atoms with Gasteiger partial charge in [0.15, 0.2) is 0 Å². The van der Waals surface area contributed by atoms with Crippen molar-refractivity contribution in [1.29, 1.82) is 0 Å². The number of aromatic nitrogens is 2. The molecule has 1 N–H and O–H groups in total. The van der Waals surface area contributed by atoms with Crippen LogP contribution in [0.25, 0.3) is 0 Å². The second-order valence-electron chi connectivity index (χ2n) is 4.71. The average molecular weight is 294 g/mol. The zero-order valence-electron chi connectivity index (χ0n) is 11.3. The van der Waals surface area contributed by atoms with Gasteiger partial charge in [-0.15, -0.1) is 0 Å². The van der Waals surface area contributed by atoms with E-state index >= 15 is 0 Å². The molecule has 2 heterocycles. The number of anilines is 3. The lowest BCUT2D eigenvalue weighted by molar-refractivity contribution is -0.144. The first-order chi connectivity index (χ1) is 9.99. The number of para-hydroxylation sites is 1. The second-order valence-corrected chi connectivity index (χ2v) is 4.71. The quantitative estimate of drug-likeness (QED) is 0.923. The first-order valence-electron chi connectivity index (χ1n) is 6.48. The third-order valence-electron chi connectivity index (χ3n) is 3.39. The SMILES string of the molecule is CNc1cc(N2CCc3ccccc32)nc(C(F)(F)F)n1. The van der Waals surface area contributed by atoms with E-state index in [4.69, 9.17) is 0 Å². The van der Waals surface area contributed by atoms with Gasteiger partial charge in [0.1, 0.15) is 11.6 Å². The maximum Gasteiger partial charge on any atom is 0.451 e. The molecule has 0 atom stereocenters. The monoisotopic (exact) mass is 294 g/mol. The van der Waals surface area contributed by atoms with Crippen LogP contribution in [-0.4, -0.2) is 23.6 Å². The van der Waals surface area contributed by atoms with E-state index in [0.717, 1.165) is 17.7 Å². The van der Waals surface area contributed by atoms with Gasteiger partial charge in [0.25, 0.3) is 0 Å². The summed E-state index contributed by atoms with van der Waals surface area (Å²) in [5.74, 6) is -0.725. The van der Waals surface area contributed by atoms with E-state index in [9.17, 15) is 13.2 Å². The van der Waals surface area contributed by atoms with Crippen LogP contribution >= 0.6 is 0 Å². The van der Waals surface area contributed by atoms with Gasteiger partial charge in [-0.3, -0.25) is 0 Å². The largest absolute Gasteiger partial charge is 0.451 e. The van der Waals surface area contributed by atoms with Crippen molar-refractivity contribution in [3.05, 3.63) is 41.7 Å². The molecule has 0 amide bonds. The Bertz CT molecular complexity index is 670. The molecular formula is C14H13F3N4. The van der Waals surface area contributed by atoms with E-state index in [2.05, 4.69) is 15.3 Å². The molecule has 1 aliphatic rings. The van der Waals surface area contributed by atoms with Crippen molar-refractivity contribution >= 4 is 17.3 Å². The average Bonchev–Trinajstić information content (AvgIpc) is 2.89. The van der Waals surface area contributed by atoms with Gasteiger partial charge in [0, 0.05) is 25.3 Å². The Hall–Kier alpha value is -2.31. The standard InChI is InChI=1S/C14H13F3N4/c1-18-11-8-12(20-13(19-11)14(15,16)17)21-7-6-9-4-2-3-5-10(9)21/h2-5,8H,6-7H2,1H3,(H,18,19,20). The molecule has 0 saturated heterocycles. The molecule has 0 bridgehead atoms. The summed E-state index contributed by atoms with van der Waals surface area (Å²) in [5, 5.41) is 2.65. The van der Waals surface area contributed by atoms with Gasteiger partial charge in [-0.05, 0) is 18.1 Å². The Morgan fingerprint density at radius 2 is 1.95 bits per heavy atom.